The molecule has 0 unspecified atom stereocenters. The molecular formula is C38H68N4O18. The van der Waals surface area contributed by atoms with Crippen molar-refractivity contribution in [3.8, 4) is 0 Å². The van der Waals surface area contributed by atoms with E-state index in [4.69, 9.17) is 61.9 Å². The number of ether oxygens (including phenoxy) is 12. The summed E-state index contributed by atoms with van der Waals surface area (Å²) in [6.07, 6.45) is 2.56. The van der Waals surface area contributed by atoms with Crippen LogP contribution in [0, 0.1) is 0 Å². The molecule has 60 heavy (non-hydrogen) atoms. The van der Waals surface area contributed by atoms with Crippen molar-refractivity contribution in [2.75, 3.05) is 191 Å². The minimum absolute atomic E-state index is 0.0442. The lowest BCUT2D eigenvalue weighted by atomic mass is 10.3. The van der Waals surface area contributed by atoms with Crippen molar-refractivity contribution in [3.05, 3.63) is 12.2 Å². The van der Waals surface area contributed by atoms with E-state index < -0.39 is 11.8 Å². The van der Waals surface area contributed by atoms with Crippen LogP contribution in [0.1, 0.15) is 12.8 Å². The number of rotatable bonds is 46. The molecule has 0 aromatic heterocycles. The maximum absolute atomic E-state index is 11.8. The van der Waals surface area contributed by atoms with Crippen LogP contribution in [0.4, 0.5) is 0 Å². The van der Waals surface area contributed by atoms with Crippen molar-refractivity contribution in [1.29, 1.82) is 0 Å². The Hall–Kier alpha value is -3.23. The molecule has 0 spiro atoms. The van der Waals surface area contributed by atoms with Gasteiger partial charge in [-0.05, 0) is 0 Å². The summed E-state index contributed by atoms with van der Waals surface area (Å²) in [7, 11) is 0. The highest BCUT2D eigenvalue weighted by Gasteiger charge is 2.23. The van der Waals surface area contributed by atoms with Crippen molar-refractivity contribution < 1.29 is 85.9 Å². The number of nitrogens with one attached hydrogen (secondary N) is 3. The molecule has 4 N–H and O–H groups in total. The Morgan fingerprint density at radius 3 is 1.05 bits per heavy atom. The molecule has 1 aliphatic rings. The summed E-state index contributed by atoms with van der Waals surface area (Å²) in [5, 5.41) is 16.2. The minimum Gasteiger partial charge on any atom is -0.395 e. The summed E-state index contributed by atoms with van der Waals surface area (Å²) in [6.45, 7) is 10.3. The third kappa shape index (κ3) is 36.6. The number of aliphatic hydroxyl groups excluding tert-OH is 1. The number of hydrogen-bond acceptors (Lipinski definition) is 18. The molecular weight excluding hydrogens is 800 g/mol. The van der Waals surface area contributed by atoms with Crippen LogP contribution in [-0.2, 0) is 80.8 Å². The molecule has 22 heteroatoms. The fourth-order valence-corrected chi connectivity index (χ4v) is 4.43. The van der Waals surface area contributed by atoms with Gasteiger partial charge in [-0.25, -0.2) is 0 Å². The number of hydrogen-bond donors (Lipinski definition) is 4. The number of imide groups is 1. The SMILES string of the molecule is O=C(CCN1C(=O)C=CC1=O)NCCOCCOCCOCCOCCOCCOCCOCCOCCOCCOCCOCCOCCC(=O)NCC(=O)NCCO. The van der Waals surface area contributed by atoms with E-state index in [-0.39, 0.29) is 63.4 Å². The van der Waals surface area contributed by atoms with Crippen LogP contribution in [0.2, 0.25) is 0 Å². The average molecular weight is 869 g/mol. The Balaban J connectivity index is 1.64. The zero-order valence-corrected chi connectivity index (χ0v) is 34.9. The molecule has 1 rings (SSSR count). The molecule has 1 heterocycles. The second-order valence-electron chi connectivity index (χ2n) is 12.2. The van der Waals surface area contributed by atoms with E-state index in [1.54, 1.807) is 0 Å². The normalized spacial score (nSPS) is 12.4. The summed E-state index contributed by atoms with van der Waals surface area (Å²) in [6, 6.07) is 0. The van der Waals surface area contributed by atoms with E-state index in [2.05, 4.69) is 16.0 Å². The van der Waals surface area contributed by atoms with E-state index in [1.807, 2.05) is 0 Å². The number of aliphatic hydroxyl groups is 1. The van der Waals surface area contributed by atoms with Gasteiger partial charge in [-0.1, -0.05) is 0 Å². The van der Waals surface area contributed by atoms with Crippen LogP contribution in [0.15, 0.2) is 12.2 Å². The van der Waals surface area contributed by atoms with E-state index >= 15 is 0 Å². The monoisotopic (exact) mass is 868 g/mol. The van der Waals surface area contributed by atoms with Crippen molar-refractivity contribution in [3.63, 3.8) is 0 Å². The van der Waals surface area contributed by atoms with Gasteiger partial charge in [0.25, 0.3) is 11.8 Å². The Kier molecular flexibility index (Phi) is 38.8. The van der Waals surface area contributed by atoms with Gasteiger partial charge < -0.3 is 77.9 Å². The smallest absolute Gasteiger partial charge is 0.253 e. The third-order valence-corrected chi connectivity index (χ3v) is 7.48. The summed E-state index contributed by atoms with van der Waals surface area (Å²) in [5.41, 5.74) is 0. The minimum atomic E-state index is -0.404. The second-order valence-corrected chi connectivity index (χ2v) is 12.2. The molecule has 0 aromatic rings. The number of nitrogens with zero attached hydrogens (tertiary/aromatic N) is 1. The number of carbonyl (C=O) groups is 5. The summed E-state index contributed by atoms with van der Waals surface area (Å²) >= 11 is 0. The summed E-state index contributed by atoms with van der Waals surface area (Å²) in [4.78, 5) is 58.7. The van der Waals surface area contributed by atoms with E-state index in [9.17, 15) is 24.0 Å². The van der Waals surface area contributed by atoms with Gasteiger partial charge in [0, 0.05) is 44.6 Å². The van der Waals surface area contributed by atoms with E-state index in [0.717, 1.165) is 4.90 Å². The molecule has 0 aromatic carbocycles. The van der Waals surface area contributed by atoms with E-state index in [1.165, 1.54) is 12.2 Å². The Labute approximate surface area is 352 Å². The highest BCUT2D eigenvalue weighted by atomic mass is 16.6. The largest absolute Gasteiger partial charge is 0.395 e. The Bertz CT molecular complexity index is 1100. The van der Waals surface area contributed by atoms with Gasteiger partial charge in [0.2, 0.25) is 17.7 Å². The van der Waals surface area contributed by atoms with Crippen molar-refractivity contribution in [1.82, 2.24) is 20.9 Å². The van der Waals surface area contributed by atoms with Crippen molar-refractivity contribution in [2.24, 2.45) is 0 Å². The third-order valence-electron chi connectivity index (χ3n) is 7.48. The maximum atomic E-state index is 11.8. The molecule has 1 aliphatic heterocycles. The topological polar surface area (TPSA) is 256 Å². The van der Waals surface area contributed by atoms with Gasteiger partial charge in [-0.3, -0.25) is 28.9 Å². The fraction of sp³-hybridized carbons (Fsp3) is 0.816. The molecule has 0 aliphatic carbocycles. The van der Waals surface area contributed by atoms with Gasteiger partial charge in [0.15, 0.2) is 0 Å². The van der Waals surface area contributed by atoms with Crippen LogP contribution in [-0.4, -0.2) is 231 Å². The Morgan fingerprint density at radius 2 is 0.700 bits per heavy atom. The second kappa shape index (κ2) is 42.5. The van der Waals surface area contributed by atoms with Crippen LogP contribution >= 0.6 is 0 Å². The molecule has 0 radical (unpaired) electrons. The highest BCUT2D eigenvalue weighted by molar-refractivity contribution is 6.13. The maximum Gasteiger partial charge on any atom is 0.253 e. The first kappa shape index (κ1) is 54.8. The molecule has 0 fully saturated rings. The van der Waals surface area contributed by atoms with Gasteiger partial charge in [0.05, 0.1) is 172 Å². The average Bonchev–Trinajstić information content (AvgIpc) is 3.57. The lowest BCUT2D eigenvalue weighted by Crippen LogP contribution is -2.38. The molecule has 348 valence electrons. The molecule has 0 bridgehead atoms. The van der Waals surface area contributed by atoms with Crippen LogP contribution in [0.25, 0.3) is 0 Å². The zero-order chi connectivity index (χ0) is 43.4. The number of carbonyl (C=O) groups excluding carboxylic acids is 5. The highest BCUT2D eigenvalue weighted by Crippen LogP contribution is 2.04. The van der Waals surface area contributed by atoms with Crippen LogP contribution in [0.3, 0.4) is 0 Å². The van der Waals surface area contributed by atoms with Crippen molar-refractivity contribution in [2.45, 2.75) is 12.8 Å². The summed E-state index contributed by atoms with van der Waals surface area (Å²) in [5.74, 6) is -1.72. The molecule has 0 saturated carbocycles. The quantitative estimate of drug-likeness (QED) is 0.0357. The van der Waals surface area contributed by atoms with Gasteiger partial charge in [-0.15, -0.1) is 0 Å². The van der Waals surface area contributed by atoms with Gasteiger partial charge >= 0.3 is 0 Å². The standard InChI is InChI=1S/C38H68N4O18/c43-8-5-39-36(46)33-41-35(45)4-9-49-11-13-51-15-17-53-19-21-55-23-25-57-27-29-59-31-32-60-30-28-58-26-24-56-22-20-54-18-16-52-14-12-50-10-6-40-34(44)3-7-42-37(47)1-2-38(42)48/h1-2,43H,3-33H2,(H,39,46)(H,40,44)(H,41,45). The van der Waals surface area contributed by atoms with Crippen LogP contribution in [0.5, 0.6) is 0 Å². The van der Waals surface area contributed by atoms with Crippen molar-refractivity contribution >= 4 is 29.5 Å². The first-order valence-corrected chi connectivity index (χ1v) is 20.3. The lowest BCUT2D eigenvalue weighted by Gasteiger charge is -2.13. The molecule has 22 nitrogen and oxygen atoms in total. The first-order valence-electron chi connectivity index (χ1n) is 20.3. The number of amides is 5. The molecule has 0 saturated heterocycles. The molecule has 5 amide bonds. The van der Waals surface area contributed by atoms with Crippen LogP contribution < -0.4 is 16.0 Å². The van der Waals surface area contributed by atoms with E-state index in [0.29, 0.717) is 159 Å². The predicted octanol–water partition coefficient (Wildman–Crippen LogP) is -2.77. The van der Waals surface area contributed by atoms with Gasteiger partial charge in [-0.2, -0.15) is 0 Å². The molecule has 0 atom stereocenters. The first-order chi connectivity index (χ1) is 29.4. The lowest BCUT2D eigenvalue weighted by molar-refractivity contribution is -0.137. The van der Waals surface area contributed by atoms with Gasteiger partial charge in [0.1, 0.15) is 0 Å². The Morgan fingerprint density at radius 1 is 0.400 bits per heavy atom. The summed E-state index contributed by atoms with van der Waals surface area (Å²) < 4.78 is 65.3. The fourth-order valence-electron chi connectivity index (χ4n) is 4.43. The predicted molar refractivity (Wildman–Crippen MR) is 211 cm³/mol. The zero-order valence-electron chi connectivity index (χ0n) is 34.9.